The molecule has 0 aliphatic rings. The molecular formula is C21H15BrIN3O3. The van der Waals surface area contributed by atoms with Crippen LogP contribution < -0.4 is 10.2 Å². The highest BCUT2D eigenvalue weighted by molar-refractivity contribution is 14.1. The number of ether oxygens (including phenoxy) is 1. The number of hydrogen-bond donors (Lipinski definition) is 1. The number of carbonyl (C=O) groups excluding carboxylic acids is 1. The monoisotopic (exact) mass is 563 g/mol. The Bertz CT molecular complexity index is 1210. The van der Waals surface area contributed by atoms with Crippen LogP contribution in [0.3, 0.4) is 0 Å². The maximum atomic E-state index is 12.3. The minimum Gasteiger partial charge on any atom is -0.497 e. The lowest BCUT2D eigenvalue weighted by Crippen LogP contribution is -2.16. The topological polar surface area (TPSA) is 68.8 Å². The van der Waals surface area contributed by atoms with E-state index < -0.39 is 5.91 Å². The average Bonchev–Trinajstić information content (AvgIpc) is 3.35. The zero-order chi connectivity index (χ0) is 20.4. The third-order valence-electron chi connectivity index (χ3n) is 4.23. The summed E-state index contributed by atoms with van der Waals surface area (Å²) in [6.07, 6.45) is 5.42. The van der Waals surface area contributed by atoms with Gasteiger partial charge in [0.25, 0.3) is 0 Å². The fourth-order valence-corrected chi connectivity index (χ4v) is 4.47. The number of furan rings is 1. The van der Waals surface area contributed by atoms with Crippen molar-refractivity contribution in [3.63, 3.8) is 0 Å². The van der Waals surface area contributed by atoms with E-state index in [1.165, 1.54) is 0 Å². The predicted molar refractivity (Wildman–Crippen MR) is 124 cm³/mol. The van der Waals surface area contributed by atoms with E-state index in [1.54, 1.807) is 19.4 Å². The maximum Gasteiger partial charge on any atom is 0.307 e. The van der Waals surface area contributed by atoms with Gasteiger partial charge in [0.1, 0.15) is 11.3 Å². The Labute approximate surface area is 188 Å². The number of hydrazone groups is 1. The number of benzene rings is 2. The van der Waals surface area contributed by atoms with E-state index in [0.717, 1.165) is 30.4 Å². The highest BCUT2D eigenvalue weighted by Crippen LogP contribution is 2.28. The van der Waals surface area contributed by atoms with Gasteiger partial charge in [-0.25, -0.2) is 5.43 Å². The first-order valence-corrected chi connectivity index (χ1v) is 10.4. The van der Waals surface area contributed by atoms with Crippen molar-refractivity contribution in [1.82, 2.24) is 9.99 Å². The number of rotatable bonds is 5. The zero-order valence-electron chi connectivity index (χ0n) is 15.2. The lowest BCUT2D eigenvalue weighted by molar-refractivity contribution is 0.0929. The minimum atomic E-state index is -0.404. The fraction of sp³-hybridized carbons (Fsp3) is 0.0476. The number of nitrogens with one attached hydrogen (secondary N) is 1. The Hall–Kier alpha value is -2.59. The Morgan fingerprint density at radius 3 is 2.79 bits per heavy atom. The molecule has 2 aromatic heterocycles. The number of fused-ring (bicyclic) bond motifs is 1. The molecule has 4 aromatic rings. The molecule has 0 saturated carbocycles. The van der Waals surface area contributed by atoms with E-state index in [0.29, 0.717) is 5.58 Å². The first kappa shape index (κ1) is 19.7. The van der Waals surface area contributed by atoms with Gasteiger partial charge in [0.2, 0.25) is 0 Å². The van der Waals surface area contributed by atoms with Crippen molar-refractivity contribution in [1.29, 1.82) is 0 Å². The van der Waals surface area contributed by atoms with Crippen LogP contribution in [-0.2, 0) is 0 Å². The Kier molecular flexibility index (Phi) is 5.72. The van der Waals surface area contributed by atoms with Crippen molar-refractivity contribution in [3.05, 3.63) is 80.3 Å². The Morgan fingerprint density at radius 1 is 1.24 bits per heavy atom. The molecule has 0 aliphatic carbocycles. The molecule has 4 rings (SSSR count). The molecule has 0 unspecified atom stereocenters. The quantitative estimate of drug-likeness (QED) is 0.202. The third-order valence-corrected chi connectivity index (χ3v) is 5.48. The molecular weight excluding hydrogens is 549 g/mol. The van der Waals surface area contributed by atoms with Gasteiger partial charge in [-0.2, -0.15) is 5.10 Å². The third kappa shape index (κ3) is 4.38. The van der Waals surface area contributed by atoms with Crippen LogP contribution in [0, 0.1) is 3.57 Å². The van der Waals surface area contributed by atoms with E-state index in [9.17, 15) is 4.79 Å². The largest absolute Gasteiger partial charge is 0.497 e. The van der Waals surface area contributed by atoms with Gasteiger partial charge in [-0.15, -0.1) is 0 Å². The van der Waals surface area contributed by atoms with Crippen molar-refractivity contribution in [2.45, 2.75) is 0 Å². The second-order valence-electron chi connectivity index (χ2n) is 6.17. The second-order valence-corrected chi connectivity index (χ2v) is 8.24. The first-order chi connectivity index (χ1) is 14.0. The smallest absolute Gasteiger partial charge is 0.307 e. The Balaban J connectivity index is 1.44. The molecule has 0 radical (unpaired) electrons. The number of hydrogen-bond acceptors (Lipinski definition) is 4. The molecule has 0 bridgehead atoms. The molecule has 1 N–H and O–H groups in total. The van der Waals surface area contributed by atoms with Crippen LogP contribution in [0.2, 0.25) is 0 Å². The fourth-order valence-electron chi connectivity index (χ4n) is 2.81. The predicted octanol–water partition coefficient (Wildman–Crippen LogP) is 5.36. The van der Waals surface area contributed by atoms with E-state index in [2.05, 4.69) is 49.0 Å². The lowest BCUT2D eigenvalue weighted by Gasteiger charge is -2.04. The van der Waals surface area contributed by atoms with Crippen LogP contribution in [0.1, 0.15) is 16.1 Å². The molecule has 2 heterocycles. The van der Waals surface area contributed by atoms with E-state index in [1.807, 2.05) is 59.4 Å². The standard InChI is InChI=1S/C21H15BrIN3O3/c1-28-17-4-2-16(3-5-17)26-7-6-13(12-26)11-24-25-21(27)19-9-14-8-15(22)10-18(23)20(14)29-19/h2-12H,1H3,(H,25,27)/b24-11-. The maximum absolute atomic E-state index is 12.3. The van der Waals surface area contributed by atoms with Crippen molar-refractivity contribution in [2.24, 2.45) is 5.10 Å². The van der Waals surface area contributed by atoms with Crippen molar-refractivity contribution in [2.75, 3.05) is 7.11 Å². The lowest BCUT2D eigenvalue weighted by atomic mass is 10.2. The summed E-state index contributed by atoms with van der Waals surface area (Å²) in [5.74, 6) is 0.612. The van der Waals surface area contributed by atoms with Gasteiger partial charge in [0.15, 0.2) is 5.76 Å². The summed E-state index contributed by atoms with van der Waals surface area (Å²) < 4.78 is 14.7. The number of carbonyl (C=O) groups is 1. The van der Waals surface area contributed by atoms with Crippen molar-refractivity contribution < 1.29 is 13.9 Å². The molecule has 0 aliphatic heterocycles. The average molecular weight is 564 g/mol. The molecule has 0 saturated heterocycles. The molecule has 1 amide bonds. The summed E-state index contributed by atoms with van der Waals surface area (Å²) in [7, 11) is 1.64. The van der Waals surface area contributed by atoms with Gasteiger partial charge in [-0.1, -0.05) is 15.9 Å². The van der Waals surface area contributed by atoms with Gasteiger partial charge in [-0.3, -0.25) is 4.79 Å². The number of methoxy groups -OCH3 is 1. The normalized spacial score (nSPS) is 11.3. The molecule has 8 heteroatoms. The molecule has 29 heavy (non-hydrogen) atoms. The van der Waals surface area contributed by atoms with Gasteiger partial charge in [-0.05, 0) is 71.1 Å². The summed E-state index contributed by atoms with van der Waals surface area (Å²) in [6.45, 7) is 0. The minimum absolute atomic E-state index is 0.212. The highest BCUT2D eigenvalue weighted by Gasteiger charge is 2.14. The van der Waals surface area contributed by atoms with Gasteiger partial charge in [0.05, 0.1) is 16.9 Å². The van der Waals surface area contributed by atoms with Crippen LogP contribution in [0.15, 0.2) is 74.9 Å². The highest BCUT2D eigenvalue weighted by atomic mass is 127. The number of amides is 1. The van der Waals surface area contributed by atoms with Crippen LogP contribution >= 0.6 is 38.5 Å². The van der Waals surface area contributed by atoms with Crippen LogP contribution in [-0.4, -0.2) is 23.8 Å². The summed E-state index contributed by atoms with van der Waals surface area (Å²) >= 11 is 5.62. The molecule has 0 fully saturated rings. The summed E-state index contributed by atoms with van der Waals surface area (Å²) in [5, 5.41) is 4.89. The molecule has 0 spiro atoms. The van der Waals surface area contributed by atoms with E-state index in [-0.39, 0.29) is 5.76 Å². The summed E-state index contributed by atoms with van der Waals surface area (Å²) in [5.41, 5.74) is 5.03. The van der Waals surface area contributed by atoms with Crippen molar-refractivity contribution in [3.8, 4) is 11.4 Å². The number of nitrogens with zero attached hydrogens (tertiary/aromatic N) is 2. The van der Waals surface area contributed by atoms with Crippen LogP contribution in [0.5, 0.6) is 5.75 Å². The van der Waals surface area contributed by atoms with Gasteiger partial charge < -0.3 is 13.7 Å². The molecule has 6 nitrogen and oxygen atoms in total. The van der Waals surface area contributed by atoms with E-state index in [4.69, 9.17) is 9.15 Å². The van der Waals surface area contributed by atoms with E-state index >= 15 is 0 Å². The van der Waals surface area contributed by atoms with Gasteiger partial charge in [0, 0.05) is 33.5 Å². The second kappa shape index (κ2) is 8.42. The molecule has 2 aromatic carbocycles. The summed E-state index contributed by atoms with van der Waals surface area (Å²) in [6, 6.07) is 15.2. The zero-order valence-corrected chi connectivity index (χ0v) is 19.0. The summed E-state index contributed by atoms with van der Waals surface area (Å²) in [4.78, 5) is 12.3. The number of halogens is 2. The SMILES string of the molecule is COc1ccc(-n2ccc(/C=N\NC(=O)c3cc4cc(Br)cc(I)c4o3)c2)cc1. The van der Waals surface area contributed by atoms with Crippen LogP contribution in [0.4, 0.5) is 0 Å². The first-order valence-electron chi connectivity index (χ1n) is 8.58. The molecule has 146 valence electrons. The number of aromatic nitrogens is 1. The van der Waals surface area contributed by atoms with Gasteiger partial charge >= 0.3 is 5.91 Å². The molecule has 0 atom stereocenters. The van der Waals surface area contributed by atoms with Crippen LogP contribution in [0.25, 0.3) is 16.7 Å². The Morgan fingerprint density at radius 2 is 2.03 bits per heavy atom. The van der Waals surface area contributed by atoms with Crippen molar-refractivity contribution >= 4 is 61.6 Å².